The van der Waals surface area contributed by atoms with Gasteiger partial charge in [0, 0.05) is 6.26 Å². The fraction of sp³-hybridized carbons (Fsp3) is 0.533. The summed E-state index contributed by atoms with van der Waals surface area (Å²) in [6.07, 6.45) is 1.47. The zero-order valence-electron chi connectivity index (χ0n) is 14.0. The Kier molecular flexibility index (Phi) is 7.38. The summed E-state index contributed by atoms with van der Waals surface area (Å²) in [6, 6.07) is 6.92. The highest BCUT2D eigenvalue weighted by atomic mass is 32.2. The van der Waals surface area contributed by atoms with Crippen molar-refractivity contribution in [3.8, 4) is 0 Å². The lowest BCUT2D eigenvalue weighted by Crippen LogP contribution is -2.40. The zero-order valence-corrected chi connectivity index (χ0v) is 15.8. The van der Waals surface area contributed by atoms with Crippen LogP contribution in [0.5, 0.6) is 0 Å². The minimum absolute atomic E-state index is 0.180. The second-order valence-electron chi connectivity index (χ2n) is 6.55. The van der Waals surface area contributed by atoms with Crippen molar-refractivity contribution < 1.29 is 22.4 Å². The summed E-state index contributed by atoms with van der Waals surface area (Å²) in [7, 11) is -4.87. The Morgan fingerprint density at radius 2 is 1.50 bits per heavy atom. The number of sulfone groups is 1. The number of benzene rings is 1. The van der Waals surface area contributed by atoms with E-state index in [4.69, 9.17) is 14.0 Å². The van der Waals surface area contributed by atoms with Gasteiger partial charge >= 0.3 is 6.15 Å². The number of hydrogen-bond donors (Lipinski definition) is 0. The topological polar surface area (TPSA) is 77.5 Å². The fourth-order valence-electron chi connectivity index (χ4n) is 1.31. The first-order valence-corrected chi connectivity index (χ1v) is 11.6. The molecule has 0 radical (unpaired) electrons. The first kappa shape index (κ1) is 20.7. The van der Waals surface area contributed by atoms with Crippen molar-refractivity contribution in [1.82, 2.24) is 0 Å². The van der Waals surface area contributed by atoms with E-state index in [1.807, 2.05) is 12.1 Å². The minimum Gasteiger partial charge on any atom is -0.413 e. The van der Waals surface area contributed by atoms with Gasteiger partial charge in [0.2, 0.25) is 0 Å². The number of rotatable bonds is 4. The Balaban J connectivity index is 0.00000135. The third-order valence-electron chi connectivity index (χ3n) is 3.76. The molecule has 0 amide bonds. The lowest BCUT2D eigenvalue weighted by Gasteiger charge is -2.36. The van der Waals surface area contributed by atoms with Crippen LogP contribution < -0.4 is 0 Å². The predicted molar refractivity (Wildman–Crippen MR) is 86.5 cm³/mol. The molecule has 0 saturated heterocycles. The summed E-state index contributed by atoms with van der Waals surface area (Å²) in [4.78, 5) is 16.6. The van der Waals surface area contributed by atoms with Crippen molar-refractivity contribution in [2.45, 2.75) is 50.4 Å². The van der Waals surface area contributed by atoms with E-state index in [9.17, 15) is 8.42 Å². The molecular formula is C15H24O5SSi. The molecule has 0 spiro atoms. The van der Waals surface area contributed by atoms with Crippen LogP contribution in [0.1, 0.15) is 26.3 Å². The van der Waals surface area contributed by atoms with E-state index < -0.39 is 18.2 Å². The zero-order chi connectivity index (χ0) is 17.6. The van der Waals surface area contributed by atoms with E-state index in [-0.39, 0.29) is 11.2 Å². The maximum absolute atomic E-state index is 11.4. The summed E-state index contributed by atoms with van der Waals surface area (Å²) < 4.78 is 28.8. The van der Waals surface area contributed by atoms with Gasteiger partial charge in [0.15, 0.2) is 18.2 Å². The summed E-state index contributed by atoms with van der Waals surface area (Å²) in [5, 5.41) is 0.180. The highest BCUT2D eigenvalue weighted by molar-refractivity contribution is 7.90. The summed E-state index contributed by atoms with van der Waals surface area (Å²) in [5.74, 6) is 0. The molecule has 7 heteroatoms. The van der Waals surface area contributed by atoms with Crippen molar-refractivity contribution in [3.05, 3.63) is 29.8 Å². The smallest absolute Gasteiger partial charge is 0.373 e. The minimum atomic E-state index is -3.12. The van der Waals surface area contributed by atoms with Crippen LogP contribution in [0.4, 0.5) is 0 Å². The monoisotopic (exact) mass is 344 g/mol. The lowest BCUT2D eigenvalue weighted by atomic mass is 10.2. The van der Waals surface area contributed by atoms with Crippen molar-refractivity contribution in [2.75, 3.05) is 6.26 Å². The third-order valence-corrected chi connectivity index (χ3v) is 9.36. The fourth-order valence-corrected chi connectivity index (χ4v) is 2.90. The van der Waals surface area contributed by atoms with Gasteiger partial charge in [0.25, 0.3) is 0 Å². The summed E-state index contributed by atoms with van der Waals surface area (Å²) >= 11 is 0. The van der Waals surface area contributed by atoms with E-state index in [1.165, 1.54) is 6.26 Å². The Bertz CT molecular complexity index is 606. The molecule has 0 aliphatic rings. The molecule has 1 rings (SSSR count). The SMILES string of the molecule is CC(C)(C)[Si](C)(C)OCc1ccc(S(C)(=O)=O)cc1.O=C=O. The van der Waals surface area contributed by atoms with E-state index in [1.54, 1.807) is 12.1 Å². The number of carbonyl (C=O) groups excluding carboxylic acids is 2. The quantitative estimate of drug-likeness (QED) is 0.785. The van der Waals surface area contributed by atoms with Crippen LogP contribution in [0.15, 0.2) is 29.2 Å². The highest BCUT2D eigenvalue weighted by Crippen LogP contribution is 2.37. The maximum Gasteiger partial charge on any atom is 0.373 e. The molecule has 1 aromatic carbocycles. The standard InChI is InChI=1S/C14H24O3SSi.CO2/c1-14(2,3)19(5,6)17-11-12-7-9-13(10-8-12)18(4,15)16;2-1-3/h7-10H,11H2,1-6H3;. The average Bonchev–Trinajstić information content (AvgIpc) is 2.35. The Morgan fingerprint density at radius 3 is 1.82 bits per heavy atom. The van der Waals surface area contributed by atoms with Crippen molar-refractivity contribution in [2.24, 2.45) is 0 Å². The Morgan fingerprint density at radius 1 is 1.09 bits per heavy atom. The molecule has 0 aromatic heterocycles. The van der Waals surface area contributed by atoms with Gasteiger partial charge in [-0.25, -0.2) is 8.42 Å². The molecule has 0 unspecified atom stereocenters. The molecule has 0 N–H and O–H groups in total. The predicted octanol–water partition coefficient (Wildman–Crippen LogP) is 3.03. The van der Waals surface area contributed by atoms with Gasteiger partial charge < -0.3 is 4.43 Å². The van der Waals surface area contributed by atoms with E-state index in [0.29, 0.717) is 11.5 Å². The van der Waals surface area contributed by atoms with Crippen LogP contribution >= 0.6 is 0 Å². The molecule has 0 heterocycles. The molecule has 0 saturated carbocycles. The van der Waals surface area contributed by atoms with Crippen molar-refractivity contribution in [1.29, 1.82) is 0 Å². The molecule has 0 aliphatic heterocycles. The molecule has 0 fully saturated rings. The molecule has 1 aromatic rings. The van der Waals surface area contributed by atoms with Crippen LogP contribution in [0, 0.1) is 0 Å². The van der Waals surface area contributed by atoms with Gasteiger partial charge in [0.1, 0.15) is 0 Å². The molecule has 5 nitrogen and oxygen atoms in total. The van der Waals surface area contributed by atoms with Crippen molar-refractivity contribution in [3.63, 3.8) is 0 Å². The van der Waals surface area contributed by atoms with Gasteiger partial charge in [-0.3, -0.25) is 0 Å². The summed E-state index contributed by atoms with van der Waals surface area (Å²) in [5.41, 5.74) is 1.01. The first-order valence-electron chi connectivity index (χ1n) is 6.77. The largest absolute Gasteiger partial charge is 0.413 e. The molecule has 22 heavy (non-hydrogen) atoms. The molecular weight excluding hydrogens is 320 g/mol. The van der Waals surface area contributed by atoms with Crippen LogP contribution in [0.3, 0.4) is 0 Å². The van der Waals surface area contributed by atoms with Crippen molar-refractivity contribution >= 4 is 24.3 Å². The van der Waals surface area contributed by atoms with Gasteiger partial charge in [-0.15, -0.1) is 0 Å². The third kappa shape index (κ3) is 6.66. The highest BCUT2D eigenvalue weighted by Gasteiger charge is 2.36. The lowest BCUT2D eigenvalue weighted by molar-refractivity contribution is -0.191. The average molecular weight is 345 g/mol. The second-order valence-corrected chi connectivity index (χ2v) is 13.4. The van der Waals surface area contributed by atoms with Crippen LogP contribution in [0.2, 0.25) is 18.1 Å². The van der Waals surface area contributed by atoms with E-state index in [2.05, 4.69) is 33.9 Å². The van der Waals surface area contributed by atoms with Gasteiger partial charge in [-0.2, -0.15) is 9.59 Å². The molecule has 0 aliphatic carbocycles. The van der Waals surface area contributed by atoms with Crippen LogP contribution in [-0.2, 0) is 30.5 Å². The van der Waals surface area contributed by atoms with Gasteiger partial charge in [-0.1, -0.05) is 32.9 Å². The van der Waals surface area contributed by atoms with Gasteiger partial charge in [-0.05, 0) is 35.8 Å². The molecule has 124 valence electrons. The first-order chi connectivity index (χ1) is 9.85. The van der Waals surface area contributed by atoms with Crippen LogP contribution in [0.25, 0.3) is 0 Å². The number of hydrogen-bond acceptors (Lipinski definition) is 5. The normalized spacial score (nSPS) is 12.1. The Hall–Kier alpha value is -1.27. The maximum atomic E-state index is 11.4. The van der Waals surface area contributed by atoms with Gasteiger partial charge in [0.05, 0.1) is 11.5 Å². The molecule has 0 bridgehead atoms. The van der Waals surface area contributed by atoms with E-state index >= 15 is 0 Å². The van der Waals surface area contributed by atoms with Crippen LogP contribution in [-0.4, -0.2) is 29.1 Å². The Labute approximate surface area is 133 Å². The second kappa shape index (κ2) is 7.83. The summed E-state index contributed by atoms with van der Waals surface area (Å²) in [6.45, 7) is 11.6. The molecule has 0 atom stereocenters. The van der Waals surface area contributed by atoms with E-state index in [0.717, 1.165) is 5.56 Å².